The molecule has 0 atom stereocenters. The zero-order chi connectivity index (χ0) is 14.0. The quantitative estimate of drug-likeness (QED) is 0.835. The Morgan fingerprint density at radius 2 is 2.26 bits per heavy atom. The first-order chi connectivity index (χ1) is 8.97. The molecule has 0 fully saturated rings. The Bertz CT molecular complexity index is 491. The number of rotatable bonds is 5. The topological polar surface area (TPSA) is 38.5 Å². The molecule has 19 heavy (non-hydrogen) atoms. The van der Waals surface area contributed by atoms with Gasteiger partial charge in [0, 0.05) is 35.6 Å². The molecule has 1 aliphatic heterocycles. The highest BCUT2D eigenvalue weighted by atomic mass is 79.9. The Hall–Kier alpha value is -0.650. The van der Waals surface area contributed by atoms with Crippen LogP contribution in [0, 0.1) is 0 Å². The van der Waals surface area contributed by atoms with Crippen LogP contribution in [0.5, 0.6) is 5.75 Å². The smallest absolute Gasteiger partial charge is 0.127 e. The number of ether oxygens (including phenoxy) is 1. The van der Waals surface area contributed by atoms with E-state index in [0.717, 1.165) is 29.8 Å². The standard InChI is InChI=1S/C14H19BrN2OS/c1-9(2)17(8-13(16)19)7-11-6-12(15)5-10-3-4-18-14(10)11/h5-6,9H,3-4,7-8H2,1-2H3,(H2,16,19). The minimum Gasteiger partial charge on any atom is -0.493 e. The molecule has 0 bridgehead atoms. The lowest BCUT2D eigenvalue weighted by molar-refractivity contribution is 0.240. The summed E-state index contributed by atoms with van der Waals surface area (Å²) >= 11 is 8.60. The van der Waals surface area contributed by atoms with Crippen LogP contribution in [0.15, 0.2) is 16.6 Å². The first-order valence-electron chi connectivity index (χ1n) is 6.44. The minimum atomic E-state index is 0.387. The summed E-state index contributed by atoms with van der Waals surface area (Å²) in [6.45, 7) is 6.51. The Labute approximate surface area is 128 Å². The molecule has 0 spiro atoms. The summed E-state index contributed by atoms with van der Waals surface area (Å²) in [6.07, 6.45) is 0.985. The molecule has 0 unspecified atom stereocenters. The van der Waals surface area contributed by atoms with E-state index in [0.29, 0.717) is 17.6 Å². The van der Waals surface area contributed by atoms with Crippen molar-refractivity contribution in [3.05, 3.63) is 27.7 Å². The fraction of sp³-hybridized carbons (Fsp3) is 0.500. The highest BCUT2D eigenvalue weighted by molar-refractivity contribution is 9.10. The van der Waals surface area contributed by atoms with Crippen LogP contribution in [0.4, 0.5) is 0 Å². The molecular formula is C14H19BrN2OS. The number of nitrogens with two attached hydrogens (primary N) is 1. The van der Waals surface area contributed by atoms with Crippen molar-refractivity contribution in [1.82, 2.24) is 4.90 Å². The van der Waals surface area contributed by atoms with Crippen molar-refractivity contribution in [2.75, 3.05) is 13.2 Å². The Morgan fingerprint density at radius 1 is 1.53 bits per heavy atom. The van der Waals surface area contributed by atoms with E-state index in [4.69, 9.17) is 22.7 Å². The summed E-state index contributed by atoms with van der Waals surface area (Å²) in [5.74, 6) is 1.04. The molecule has 1 heterocycles. The highest BCUT2D eigenvalue weighted by Gasteiger charge is 2.20. The highest BCUT2D eigenvalue weighted by Crippen LogP contribution is 2.33. The number of thiocarbonyl (C=S) groups is 1. The molecule has 3 nitrogen and oxygen atoms in total. The van der Waals surface area contributed by atoms with Crippen LogP contribution in [0.2, 0.25) is 0 Å². The molecule has 1 aliphatic rings. The Morgan fingerprint density at radius 3 is 2.89 bits per heavy atom. The monoisotopic (exact) mass is 342 g/mol. The average Bonchev–Trinajstić information content (AvgIpc) is 2.75. The van der Waals surface area contributed by atoms with Gasteiger partial charge in [0.1, 0.15) is 5.75 Å². The molecule has 0 saturated carbocycles. The maximum Gasteiger partial charge on any atom is 0.127 e. The molecule has 0 aromatic heterocycles. The molecular weight excluding hydrogens is 324 g/mol. The van der Waals surface area contributed by atoms with Gasteiger partial charge in [0.2, 0.25) is 0 Å². The molecule has 0 radical (unpaired) electrons. The third-order valence-electron chi connectivity index (χ3n) is 3.29. The average molecular weight is 343 g/mol. The molecule has 0 amide bonds. The molecule has 104 valence electrons. The van der Waals surface area contributed by atoms with Crippen molar-refractivity contribution in [1.29, 1.82) is 0 Å². The van der Waals surface area contributed by atoms with E-state index in [1.807, 2.05) is 0 Å². The Kier molecular flexibility index (Phi) is 4.81. The third kappa shape index (κ3) is 3.68. The van der Waals surface area contributed by atoms with E-state index in [-0.39, 0.29) is 0 Å². The van der Waals surface area contributed by atoms with Crippen LogP contribution >= 0.6 is 28.1 Å². The van der Waals surface area contributed by atoms with Crippen LogP contribution in [-0.2, 0) is 13.0 Å². The summed E-state index contributed by atoms with van der Waals surface area (Å²) in [6, 6.07) is 4.65. The fourth-order valence-corrected chi connectivity index (χ4v) is 3.02. The van der Waals surface area contributed by atoms with Crippen LogP contribution in [0.25, 0.3) is 0 Å². The summed E-state index contributed by atoms with van der Waals surface area (Å²) in [4.78, 5) is 2.78. The van der Waals surface area contributed by atoms with Gasteiger partial charge in [-0.25, -0.2) is 0 Å². The molecule has 1 aromatic carbocycles. The molecule has 5 heteroatoms. The zero-order valence-electron chi connectivity index (χ0n) is 11.3. The lowest BCUT2D eigenvalue weighted by Gasteiger charge is -2.26. The number of hydrogen-bond donors (Lipinski definition) is 1. The van der Waals surface area contributed by atoms with Crippen molar-refractivity contribution in [3.63, 3.8) is 0 Å². The lowest BCUT2D eigenvalue weighted by Crippen LogP contribution is -2.37. The van der Waals surface area contributed by atoms with E-state index in [9.17, 15) is 0 Å². The van der Waals surface area contributed by atoms with Gasteiger partial charge in [0.25, 0.3) is 0 Å². The second kappa shape index (κ2) is 6.20. The van der Waals surface area contributed by atoms with Crippen molar-refractivity contribution in [2.24, 2.45) is 5.73 Å². The molecule has 1 aromatic rings. The second-order valence-electron chi connectivity index (χ2n) is 5.12. The van der Waals surface area contributed by atoms with Crippen LogP contribution in [0.3, 0.4) is 0 Å². The van der Waals surface area contributed by atoms with Crippen LogP contribution in [0.1, 0.15) is 25.0 Å². The second-order valence-corrected chi connectivity index (χ2v) is 6.56. The third-order valence-corrected chi connectivity index (χ3v) is 3.87. The van der Waals surface area contributed by atoms with Gasteiger partial charge in [0.15, 0.2) is 0 Å². The number of hydrogen-bond acceptors (Lipinski definition) is 3. The first-order valence-corrected chi connectivity index (χ1v) is 7.64. The zero-order valence-corrected chi connectivity index (χ0v) is 13.7. The number of fused-ring (bicyclic) bond motifs is 1. The number of halogens is 1. The van der Waals surface area contributed by atoms with Gasteiger partial charge in [0.05, 0.1) is 11.6 Å². The van der Waals surface area contributed by atoms with Gasteiger partial charge in [-0.2, -0.15) is 0 Å². The minimum absolute atomic E-state index is 0.387. The van der Waals surface area contributed by atoms with Crippen molar-refractivity contribution in [3.8, 4) is 5.75 Å². The van der Waals surface area contributed by atoms with E-state index in [1.54, 1.807) is 0 Å². The van der Waals surface area contributed by atoms with Crippen molar-refractivity contribution in [2.45, 2.75) is 32.9 Å². The summed E-state index contributed by atoms with van der Waals surface area (Å²) in [5.41, 5.74) is 8.16. The normalized spacial score (nSPS) is 13.7. The van der Waals surface area contributed by atoms with E-state index < -0.39 is 0 Å². The summed E-state index contributed by atoms with van der Waals surface area (Å²) < 4.78 is 6.86. The summed E-state index contributed by atoms with van der Waals surface area (Å²) in [5, 5.41) is 0. The van der Waals surface area contributed by atoms with Gasteiger partial charge >= 0.3 is 0 Å². The van der Waals surface area contributed by atoms with Gasteiger partial charge in [-0.05, 0) is 31.5 Å². The maximum absolute atomic E-state index is 5.76. The van der Waals surface area contributed by atoms with Gasteiger partial charge in [-0.3, -0.25) is 4.90 Å². The van der Waals surface area contributed by atoms with E-state index in [1.165, 1.54) is 11.1 Å². The molecule has 2 N–H and O–H groups in total. The molecule has 2 rings (SSSR count). The van der Waals surface area contributed by atoms with Gasteiger partial charge in [-0.1, -0.05) is 28.1 Å². The molecule has 0 saturated heterocycles. The number of benzene rings is 1. The SMILES string of the molecule is CC(C)N(CC(N)=S)Cc1cc(Br)cc2c1OCC2. The van der Waals surface area contributed by atoms with E-state index >= 15 is 0 Å². The van der Waals surface area contributed by atoms with Gasteiger partial charge < -0.3 is 10.5 Å². The van der Waals surface area contributed by atoms with Crippen molar-refractivity contribution < 1.29 is 4.74 Å². The number of nitrogens with zero attached hydrogens (tertiary/aromatic N) is 1. The first kappa shape index (κ1) is 14.8. The maximum atomic E-state index is 5.76. The van der Waals surface area contributed by atoms with Crippen LogP contribution in [-0.4, -0.2) is 29.1 Å². The molecule has 0 aliphatic carbocycles. The van der Waals surface area contributed by atoms with Gasteiger partial charge in [-0.15, -0.1) is 0 Å². The predicted octanol–water partition coefficient (Wildman–Crippen LogP) is 2.88. The largest absolute Gasteiger partial charge is 0.493 e. The van der Waals surface area contributed by atoms with E-state index in [2.05, 4.69) is 46.8 Å². The van der Waals surface area contributed by atoms with Crippen LogP contribution < -0.4 is 10.5 Å². The lowest BCUT2D eigenvalue weighted by atomic mass is 10.1. The van der Waals surface area contributed by atoms with Crippen molar-refractivity contribution >= 4 is 33.1 Å². The summed E-state index contributed by atoms with van der Waals surface area (Å²) in [7, 11) is 0. The predicted molar refractivity (Wildman–Crippen MR) is 85.7 cm³/mol. The fourth-order valence-electron chi connectivity index (χ4n) is 2.30. The Balaban J connectivity index is 2.24.